The Morgan fingerprint density at radius 3 is 3.19 bits per heavy atom. The molecule has 16 heavy (non-hydrogen) atoms. The summed E-state index contributed by atoms with van der Waals surface area (Å²) in [6, 6.07) is 4.17. The molecule has 2 N–H and O–H groups in total. The molecule has 0 spiro atoms. The molecule has 0 amide bonds. The number of nitrogens with two attached hydrogens (primary N) is 1. The molecule has 1 saturated heterocycles. The molecule has 0 aliphatic carbocycles. The molecule has 1 aliphatic rings. The summed E-state index contributed by atoms with van der Waals surface area (Å²) in [5.74, 6) is 0.680. The lowest BCUT2D eigenvalue weighted by Gasteiger charge is -2.32. The first-order chi connectivity index (χ1) is 7.78. The number of rotatable bonds is 3. The van der Waals surface area contributed by atoms with Gasteiger partial charge in [-0.3, -0.25) is 4.90 Å². The lowest BCUT2D eigenvalue weighted by atomic mass is 9.98. The maximum absolute atomic E-state index is 5.74. The first-order valence-corrected chi connectivity index (χ1v) is 6.60. The Labute approximate surface area is 105 Å². The van der Waals surface area contributed by atoms with Crippen molar-refractivity contribution in [3.63, 3.8) is 0 Å². The molecule has 0 radical (unpaired) electrons. The molecule has 88 valence electrons. The molecular formula is C12H18BrN3. The molecular weight excluding hydrogens is 266 g/mol. The van der Waals surface area contributed by atoms with Crippen molar-refractivity contribution in [3.05, 3.63) is 28.5 Å². The lowest BCUT2D eigenvalue weighted by molar-refractivity contribution is 0.171. The number of hydrogen-bond acceptors (Lipinski definition) is 3. The highest BCUT2D eigenvalue weighted by Gasteiger charge is 2.18. The molecule has 0 unspecified atom stereocenters. The van der Waals surface area contributed by atoms with Crippen LogP contribution in [0.4, 0.5) is 0 Å². The molecule has 1 aliphatic heterocycles. The van der Waals surface area contributed by atoms with Crippen LogP contribution >= 0.6 is 15.9 Å². The summed E-state index contributed by atoms with van der Waals surface area (Å²) in [6.07, 6.45) is 4.41. The van der Waals surface area contributed by atoms with Gasteiger partial charge in [0.1, 0.15) is 4.60 Å². The standard InChI is InChI=1S/C12H18BrN3/c13-12-6-10(3-4-15-12)8-16-5-1-2-11(7-14)9-16/h3-4,6,11H,1-2,5,7-9,14H2/t11-/m1/s1. The molecule has 1 aromatic rings. The third-order valence-corrected chi connectivity index (χ3v) is 3.57. The van der Waals surface area contributed by atoms with Crippen molar-refractivity contribution in [2.24, 2.45) is 11.7 Å². The fourth-order valence-corrected chi connectivity index (χ4v) is 2.70. The van der Waals surface area contributed by atoms with E-state index in [4.69, 9.17) is 5.73 Å². The van der Waals surface area contributed by atoms with E-state index in [1.165, 1.54) is 24.9 Å². The second-order valence-corrected chi connectivity index (χ2v) is 5.28. The Kier molecular flexibility index (Phi) is 4.32. The number of piperidine rings is 1. The predicted octanol–water partition coefficient (Wildman–Crippen LogP) is 2.01. The van der Waals surface area contributed by atoms with Crippen LogP contribution in [0.25, 0.3) is 0 Å². The van der Waals surface area contributed by atoms with Crippen molar-refractivity contribution >= 4 is 15.9 Å². The van der Waals surface area contributed by atoms with E-state index in [0.717, 1.165) is 24.2 Å². The predicted molar refractivity (Wildman–Crippen MR) is 69.0 cm³/mol. The van der Waals surface area contributed by atoms with Gasteiger partial charge >= 0.3 is 0 Å². The molecule has 1 aromatic heterocycles. The van der Waals surface area contributed by atoms with Gasteiger partial charge in [-0.25, -0.2) is 4.98 Å². The van der Waals surface area contributed by atoms with Crippen molar-refractivity contribution < 1.29 is 0 Å². The van der Waals surface area contributed by atoms with E-state index in [1.54, 1.807) is 0 Å². The number of halogens is 1. The van der Waals surface area contributed by atoms with Crippen LogP contribution in [0.3, 0.4) is 0 Å². The average molecular weight is 284 g/mol. The number of aromatic nitrogens is 1. The van der Waals surface area contributed by atoms with Gasteiger partial charge in [0.05, 0.1) is 0 Å². The van der Waals surface area contributed by atoms with Crippen LogP contribution < -0.4 is 5.73 Å². The van der Waals surface area contributed by atoms with Crippen molar-refractivity contribution in [2.75, 3.05) is 19.6 Å². The zero-order chi connectivity index (χ0) is 11.4. The van der Waals surface area contributed by atoms with E-state index >= 15 is 0 Å². The van der Waals surface area contributed by atoms with E-state index < -0.39 is 0 Å². The highest BCUT2D eigenvalue weighted by molar-refractivity contribution is 9.10. The van der Waals surface area contributed by atoms with Crippen LogP contribution in [0.5, 0.6) is 0 Å². The van der Waals surface area contributed by atoms with Crippen molar-refractivity contribution in [1.29, 1.82) is 0 Å². The third kappa shape index (κ3) is 3.27. The van der Waals surface area contributed by atoms with Crippen LogP contribution in [0, 0.1) is 5.92 Å². The third-order valence-electron chi connectivity index (χ3n) is 3.13. The molecule has 4 heteroatoms. The van der Waals surface area contributed by atoms with Gasteiger partial charge < -0.3 is 5.73 Å². The zero-order valence-corrected chi connectivity index (χ0v) is 11.0. The topological polar surface area (TPSA) is 42.1 Å². The zero-order valence-electron chi connectivity index (χ0n) is 9.40. The number of pyridine rings is 1. The Morgan fingerprint density at radius 2 is 2.44 bits per heavy atom. The van der Waals surface area contributed by atoms with Crippen molar-refractivity contribution in [2.45, 2.75) is 19.4 Å². The largest absolute Gasteiger partial charge is 0.330 e. The summed E-state index contributed by atoms with van der Waals surface area (Å²) in [7, 11) is 0. The highest BCUT2D eigenvalue weighted by atomic mass is 79.9. The Bertz CT molecular complexity index is 343. The minimum absolute atomic E-state index is 0.680. The number of hydrogen-bond donors (Lipinski definition) is 1. The van der Waals surface area contributed by atoms with Gasteiger partial charge in [-0.15, -0.1) is 0 Å². The maximum atomic E-state index is 5.74. The van der Waals surface area contributed by atoms with Gasteiger partial charge in [-0.05, 0) is 65.5 Å². The van der Waals surface area contributed by atoms with E-state index in [2.05, 4.69) is 37.9 Å². The summed E-state index contributed by atoms with van der Waals surface area (Å²) in [5.41, 5.74) is 7.06. The first-order valence-electron chi connectivity index (χ1n) is 5.81. The minimum atomic E-state index is 0.680. The number of nitrogens with zero attached hydrogens (tertiary/aromatic N) is 2. The highest BCUT2D eigenvalue weighted by Crippen LogP contribution is 2.18. The maximum Gasteiger partial charge on any atom is 0.106 e. The van der Waals surface area contributed by atoms with Gasteiger partial charge in [-0.2, -0.15) is 0 Å². The number of likely N-dealkylation sites (tertiary alicyclic amines) is 1. The molecule has 3 nitrogen and oxygen atoms in total. The average Bonchev–Trinajstić information content (AvgIpc) is 2.29. The normalized spacial score (nSPS) is 22.2. The monoisotopic (exact) mass is 283 g/mol. The summed E-state index contributed by atoms with van der Waals surface area (Å²) >= 11 is 3.40. The molecule has 0 bridgehead atoms. The van der Waals surface area contributed by atoms with Gasteiger partial charge in [0.15, 0.2) is 0 Å². The van der Waals surface area contributed by atoms with E-state index in [1.807, 2.05) is 6.20 Å². The molecule has 1 fully saturated rings. The molecule has 0 saturated carbocycles. The summed E-state index contributed by atoms with van der Waals surface area (Å²) in [4.78, 5) is 6.63. The van der Waals surface area contributed by atoms with Crippen LogP contribution in [0.1, 0.15) is 18.4 Å². The summed E-state index contributed by atoms with van der Waals surface area (Å²) in [5, 5.41) is 0. The van der Waals surface area contributed by atoms with Gasteiger partial charge in [0.2, 0.25) is 0 Å². The Balaban J connectivity index is 1.94. The Hall–Kier alpha value is -0.450. The molecule has 2 rings (SSSR count). The van der Waals surface area contributed by atoms with E-state index in [9.17, 15) is 0 Å². The van der Waals surface area contributed by atoms with Crippen molar-refractivity contribution in [1.82, 2.24) is 9.88 Å². The SMILES string of the molecule is NC[C@H]1CCCN(Cc2ccnc(Br)c2)C1. The van der Waals surface area contributed by atoms with Crippen LogP contribution in [0.2, 0.25) is 0 Å². The molecule has 0 aromatic carbocycles. The van der Waals surface area contributed by atoms with Gasteiger partial charge in [0, 0.05) is 19.3 Å². The summed E-state index contributed by atoms with van der Waals surface area (Å²) < 4.78 is 0.914. The fourth-order valence-electron chi connectivity index (χ4n) is 2.29. The smallest absolute Gasteiger partial charge is 0.106 e. The molecule has 1 atom stereocenters. The van der Waals surface area contributed by atoms with Gasteiger partial charge in [0.25, 0.3) is 0 Å². The second kappa shape index (κ2) is 5.75. The molecule has 2 heterocycles. The summed E-state index contributed by atoms with van der Waals surface area (Å²) in [6.45, 7) is 4.15. The quantitative estimate of drug-likeness (QED) is 0.863. The van der Waals surface area contributed by atoms with E-state index in [0.29, 0.717) is 5.92 Å². The van der Waals surface area contributed by atoms with Crippen molar-refractivity contribution in [3.8, 4) is 0 Å². The fraction of sp³-hybridized carbons (Fsp3) is 0.583. The first kappa shape index (κ1) is 12.0. The van der Waals surface area contributed by atoms with Crippen LogP contribution in [-0.4, -0.2) is 29.5 Å². The van der Waals surface area contributed by atoms with Crippen LogP contribution in [0.15, 0.2) is 22.9 Å². The minimum Gasteiger partial charge on any atom is -0.330 e. The Morgan fingerprint density at radius 1 is 1.56 bits per heavy atom. The lowest BCUT2D eigenvalue weighted by Crippen LogP contribution is -2.37. The van der Waals surface area contributed by atoms with Gasteiger partial charge in [-0.1, -0.05) is 0 Å². The second-order valence-electron chi connectivity index (χ2n) is 4.47. The van der Waals surface area contributed by atoms with Crippen LogP contribution in [-0.2, 0) is 6.54 Å². The van der Waals surface area contributed by atoms with E-state index in [-0.39, 0.29) is 0 Å².